The summed E-state index contributed by atoms with van der Waals surface area (Å²) in [4.78, 5) is 46.3. The molecule has 0 bridgehead atoms. The molecule has 3 amide bonds. The van der Waals surface area contributed by atoms with Gasteiger partial charge in [0, 0.05) is 40.3 Å². The average Bonchev–Trinajstić information content (AvgIpc) is 3.42. The zero-order valence-corrected chi connectivity index (χ0v) is 28.0. The summed E-state index contributed by atoms with van der Waals surface area (Å²) in [6.07, 6.45) is 18.5. The molecule has 9 nitrogen and oxygen atoms in total. The zero-order chi connectivity index (χ0) is 31.2. The van der Waals surface area contributed by atoms with Crippen LogP contribution in [0.3, 0.4) is 0 Å². The smallest absolute Gasteiger partial charge is 0.264 e. The van der Waals surface area contributed by atoms with Crippen LogP contribution in [0.5, 0.6) is 0 Å². The minimum absolute atomic E-state index is 0.0980. The molecule has 0 saturated carbocycles. The van der Waals surface area contributed by atoms with Crippen LogP contribution < -0.4 is 4.57 Å². The first kappa shape index (κ1) is 37.6. The molecule has 0 N–H and O–H groups in total. The molecule has 0 atom stereocenters. The summed E-state index contributed by atoms with van der Waals surface area (Å²) in [5.41, 5.74) is 0. The largest absolute Gasteiger partial charge is 0.345 e. The highest BCUT2D eigenvalue weighted by atomic mass is 16.2. The van der Waals surface area contributed by atoms with Crippen LogP contribution in [0, 0.1) is 0 Å². The van der Waals surface area contributed by atoms with Gasteiger partial charge in [0.25, 0.3) is 5.91 Å². The van der Waals surface area contributed by atoms with Crippen molar-refractivity contribution in [1.82, 2.24) is 24.2 Å². The predicted octanol–water partition coefficient (Wildman–Crippen LogP) is 4.58. The number of hydrogen-bond donors (Lipinski definition) is 0. The van der Waals surface area contributed by atoms with Gasteiger partial charge < -0.3 is 14.7 Å². The van der Waals surface area contributed by atoms with E-state index in [1.165, 1.54) is 0 Å². The van der Waals surface area contributed by atoms with Gasteiger partial charge in [-0.1, -0.05) is 59.8 Å². The number of amides is 3. The maximum absolute atomic E-state index is 13.3. The summed E-state index contributed by atoms with van der Waals surface area (Å²) >= 11 is 0. The van der Waals surface area contributed by atoms with Crippen molar-refractivity contribution in [3.8, 4) is 0 Å². The molecular formula is C33H63N6O3+. The van der Waals surface area contributed by atoms with Gasteiger partial charge in [-0.05, 0) is 51.5 Å². The number of carbonyl (C=O) groups is 3. The maximum atomic E-state index is 13.3. The van der Waals surface area contributed by atoms with Gasteiger partial charge in [0.15, 0.2) is 6.54 Å². The Bertz CT molecular complexity index is 866. The first-order chi connectivity index (χ1) is 20.2. The second-order valence-corrected chi connectivity index (χ2v) is 11.9. The first-order valence-electron chi connectivity index (χ1n) is 16.8. The van der Waals surface area contributed by atoms with Crippen molar-refractivity contribution in [3.05, 3.63) is 18.7 Å². The highest BCUT2D eigenvalue weighted by Gasteiger charge is 2.20. The van der Waals surface area contributed by atoms with Gasteiger partial charge in [-0.25, -0.2) is 9.13 Å². The Morgan fingerprint density at radius 2 is 1.14 bits per heavy atom. The molecule has 0 radical (unpaired) electrons. The molecular weight excluding hydrogens is 528 g/mol. The van der Waals surface area contributed by atoms with Crippen LogP contribution in [-0.2, 0) is 27.5 Å². The molecule has 0 spiro atoms. The average molecular weight is 592 g/mol. The van der Waals surface area contributed by atoms with E-state index in [1.807, 2.05) is 52.1 Å². The molecule has 1 aromatic heterocycles. The second-order valence-electron chi connectivity index (χ2n) is 11.9. The number of aryl methyl sites for hydroxylation is 1. The molecule has 42 heavy (non-hydrogen) atoms. The van der Waals surface area contributed by atoms with Crippen molar-refractivity contribution in [3.63, 3.8) is 0 Å². The number of likely N-dealkylation sites (N-methyl/N-ethyl adjacent to an activating group) is 2. The summed E-state index contributed by atoms with van der Waals surface area (Å²) in [7, 11) is 3.75. The zero-order valence-electron chi connectivity index (χ0n) is 28.0. The molecule has 0 saturated heterocycles. The van der Waals surface area contributed by atoms with Gasteiger partial charge in [0.1, 0.15) is 12.4 Å². The van der Waals surface area contributed by atoms with Crippen molar-refractivity contribution in [2.24, 2.45) is 0 Å². The Hall–Kier alpha value is -2.42. The van der Waals surface area contributed by atoms with Crippen molar-refractivity contribution in [1.29, 1.82) is 0 Å². The number of imidazole rings is 1. The Kier molecular flexibility index (Phi) is 20.7. The molecule has 0 fully saturated rings. The summed E-state index contributed by atoms with van der Waals surface area (Å²) in [6, 6.07) is 0. The Morgan fingerprint density at radius 3 is 1.74 bits per heavy atom. The Labute approximate surface area is 257 Å². The number of nitrogens with zero attached hydrogens (tertiary/aromatic N) is 6. The fourth-order valence-corrected chi connectivity index (χ4v) is 4.84. The first-order valence-corrected chi connectivity index (χ1v) is 16.8. The molecule has 0 aliphatic heterocycles. The fourth-order valence-electron chi connectivity index (χ4n) is 4.84. The van der Waals surface area contributed by atoms with Crippen LogP contribution >= 0.6 is 0 Å². The third-order valence-electron chi connectivity index (χ3n) is 7.88. The van der Waals surface area contributed by atoms with Gasteiger partial charge in [0.05, 0.1) is 19.6 Å². The van der Waals surface area contributed by atoms with Gasteiger partial charge >= 0.3 is 0 Å². The van der Waals surface area contributed by atoms with E-state index < -0.39 is 0 Å². The van der Waals surface area contributed by atoms with Crippen LogP contribution in [0.25, 0.3) is 0 Å². The van der Waals surface area contributed by atoms with E-state index in [-0.39, 0.29) is 17.7 Å². The topological polar surface area (TPSA) is 73.0 Å². The number of hydrogen-bond acceptors (Lipinski definition) is 4. The second kappa shape index (κ2) is 23.1. The van der Waals surface area contributed by atoms with E-state index in [4.69, 9.17) is 0 Å². The van der Waals surface area contributed by atoms with Crippen molar-refractivity contribution in [2.75, 3.05) is 59.9 Å². The van der Waals surface area contributed by atoms with Crippen molar-refractivity contribution in [2.45, 2.75) is 118 Å². The van der Waals surface area contributed by atoms with Crippen LogP contribution in [-0.4, -0.2) is 102 Å². The van der Waals surface area contributed by atoms with Gasteiger partial charge in [0.2, 0.25) is 18.1 Å². The fraction of sp³-hybridized carbons (Fsp3) is 0.818. The van der Waals surface area contributed by atoms with E-state index in [9.17, 15) is 14.4 Å². The third-order valence-corrected chi connectivity index (χ3v) is 7.88. The van der Waals surface area contributed by atoms with Crippen LogP contribution in [0.2, 0.25) is 0 Å². The van der Waals surface area contributed by atoms with E-state index >= 15 is 0 Å². The molecule has 0 aliphatic rings. The highest BCUT2D eigenvalue weighted by molar-refractivity contribution is 5.81. The SMILES string of the molecule is CCCCN(C)C(=O)CN(CCCCCCn1cc[n+](CC(=O)N(C)CCCC)c1)CC(=O)N(CCCC)CCCC. The molecule has 1 heterocycles. The summed E-state index contributed by atoms with van der Waals surface area (Å²) in [5.74, 6) is 0.390. The number of unbranched alkanes of at least 4 members (excludes halogenated alkanes) is 7. The van der Waals surface area contributed by atoms with Gasteiger partial charge in [-0.15, -0.1) is 0 Å². The highest BCUT2D eigenvalue weighted by Crippen LogP contribution is 2.07. The lowest BCUT2D eigenvalue weighted by Gasteiger charge is -2.28. The van der Waals surface area contributed by atoms with Crippen LogP contribution in [0.1, 0.15) is 105 Å². The number of rotatable bonds is 25. The quantitative estimate of drug-likeness (QED) is 0.123. The van der Waals surface area contributed by atoms with Crippen molar-refractivity contribution >= 4 is 17.7 Å². The van der Waals surface area contributed by atoms with Crippen LogP contribution in [0.15, 0.2) is 18.7 Å². The third kappa shape index (κ3) is 16.3. The van der Waals surface area contributed by atoms with Gasteiger partial charge in [-0.3, -0.25) is 19.3 Å². The van der Waals surface area contributed by atoms with Crippen LogP contribution in [0.4, 0.5) is 0 Å². The number of aromatic nitrogens is 2. The molecule has 0 aromatic carbocycles. The monoisotopic (exact) mass is 591 g/mol. The molecule has 0 unspecified atom stereocenters. The molecule has 242 valence electrons. The van der Waals surface area contributed by atoms with E-state index in [1.54, 1.807) is 0 Å². The predicted molar refractivity (Wildman–Crippen MR) is 171 cm³/mol. The molecule has 1 rings (SSSR count). The number of carbonyl (C=O) groups excluding carboxylic acids is 3. The Morgan fingerprint density at radius 1 is 0.619 bits per heavy atom. The maximum Gasteiger partial charge on any atom is 0.264 e. The minimum Gasteiger partial charge on any atom is -0.345 e. The van der Waals surface area contributed by atoms with Crippen molar-refractivity contribution < 1.29 is 19.0 Å². The lowest BCUT2D eigenvalue weighted by atomic mass is 10.2. The van der Waals surface area contributed by atoms with E-state index in [0.29, 0.717) is 19.6 Å². The molecule has 9 heteroatoms. The minimum atomic E-state index is 0.0980. The van der Waals surface area contributed by atoms with E-state index in [0.717, 1.165) is 116 Å². The standard InChI is InChI=1S/C33H63N6O3/c1-7-11-19-34(5)31(40)27-37(29-33(42)39(23-13-9-3)24-14-10-4)22-18-16-15-17-21-36-25-26-38(30-36)28-32(41)35(6)20-12-8-2/h25-26,30H,7-24,27-29H2,1-6H3/q+1. The summed E-state index contributed by atoms with van der Waals surface area (Å²) in [6.45, 7) is 14.4. The normalized spacial score (nSPS) is 11.2. The lowest BCUT2D eigenvalue weighted by molar-refractivity contribution is -0.684. The molecule has 0 aliphatic carbocycles. The van der Waals surface area contributed by atoms with Gasteiger partial charge in [-0.2, -0.15) is 0 Å². The summed E-state index contributed by atoms with van der Waals surface area (Å²) < 4.78 is 4.11. The van der Waals surface area contributed by atoms with E-state index in [2.05, 4.69) is 37.2 Å². The molecule has 1 aromatic rings. The summed E-state index contributed by atoms with van der Waals surface area (Å²) in [5, 5.41) is 0. The Balaban J connectivity index is 2.57. The lowest BCUT2D eigenvalue weighted by Crippen LogP contribution is -2.45.